The Bertz CT molecular complexity index is 483. The molecule has 0 unspecified atom stereocenters. The van der Waals surface area contributed by atoms with Crippen molar-refractivity contribution in [3.63, 3.8) is 0 Å². The zero-order chi connectivity index (χ0) is 17.2. The van der Waals surface area contributed by atoms with Crippen LogP contribution < -0.4 is 15.4 Å². The Morgan fingerprint density at radius 2 is 1.92 bits per heavy atom. The molecule has 5 nitrogen and oxygen atoms in total. The summed E-state index contributed by atoms with van der Waals surface area (Å²) < 4.78 is 5.69. The molecule has 5 heteroatoms. The van der Waals surface area contributed by atoms with Crippen LogP contribution in [0.1, 0.15) is 33.1 Å². The molecule has 2 N–H and O–H groups in total. The highest BCUT2D eigenvalue weighted by molar-refractivity contribution is 5.79. The van der Waals surface area contributed by atoms with E-state index in [1.807, 2.05) is 37.4 Å². The Morgan fingerprint density at radius 1 is 1.21 bits per heavy atom. The van der Waals surface area contributed by atoms with E-state index in [1.165, 1.54) is 12.8 Å². The number of guanidine groups is 1. The van der Waals surface area contributed by atoms with Gasteiger partial charge in [-0.3, -0.25) is 9.89 Å². The Hall–Kier alpha value is -1.75. The van der Waals surface area contributed by atoms with E-state index >= 15 is 0 Å². The van der Waals surface area contributed by atoms with Gasteiger partial charge in [-0.25, -0.2) is 0 Å². The molecule has 0 radical (unpaired) electrons. The van der Waals surface area contributed by atoms with Crippen LogP contribution in [-0.4, -0.2) is 56.2 Å². The van der Waals surface area contributed by atoms with Crippen LogP contribution in [0, 0.1) is 0 Å². The third kappa shape index (κ3) is 6.79. The molecule has 1 aromatic rings. The van der Waals surface area contributed by atoms with Gasteiger partial charge in [0.1, 0.15) is 5.75 Å². The van der Waals surface area contributed by atoms with E-state index in [0.29, 0.717) is 12.6 Å². The van der Waals surface area contributed by atoms with Crippen LogP contribution in [0.2, 0.25) is 0 Å². The number of nitrogens with one attached hydrogen (secondary N) is 2. The van der Waals surface area contributed by atoms with Crippen molar-refractivity contribution in [2.24, 2.45) is 4.99 Å². The number of aliphatic imine (C=N–C) groups is 1. The van der Waals surface area contributed by atoms with Crippen molar-refractivity contribution in [2.45, 2.75) is 45.2 Å². The van der Waals surface area contributed by atoms with Gasteiger partial charge in [-0.15, -0.1) is 0 Å². The van der Waals surface area contributed by atoms with E-state index in [2.05, 4.69) is 34.4 Å². The smallest absolute Gasteiger partial charge is 0.191 e. The predicted molar refractivity (Wildman–Crippen MR) is 101 cm³/mol. The molecule has 0 saturated heterocycles. The van der Waals surface area contributed by atoms with Crippen LogP contribution in [-0.2, 0) is 0 Å². The van der Waals surface area contributed by atoms with Crippen molar-refractivity contribution in [2.75, 3.05) is 33.3 Å². The summed E-state index contributed by atoms with van der Waals surface area (Å²) in [7, 11) is 1.82. The Labute approximate surface area is 146 Å². The Kier molecular flexibility index (Phi) is 7.89. The van der Waals surface area contributed by atoms with E-state index in [0.717, 1.165) is 43.8 Å². The molecular weight excluding hydrogens is 300 g/mol. The minimum atomic E-state index is 0.615. The number of hydrogen-bond donors (Lipinski definition) is 2. The van der Waals surface area contributed by atoms with Crippen molar-refractivity contribution in [1.29, 1.82) is 0 Å². The fourth-order valence-corrected chi connectivity index (χ4v) is 2.78. The third-order valence-electron chi connectivity index (χ3n) is 4.19. The average Bonchev–Trinajstić information content (AvgIpc) is 3.42. The molecule has 2 rings (SSSR count). The summed E-state index contributed by atoms with van der Waals surface area (Å²) in [4.78, 5) is 6.86. The van der Waals surface area contributed by atoms with E-state index in [4.69, 9.17) is 4.74 Å². The summed E-state index contributed by atoms with van der Waals surface area (Å²) in [6, 6.07) is 11.3. The van der Waals surface area contributed by atoms with Crippen LogP contribution in [0.15, 0.2) is 35.3 Å². The molecule has 0 bridgehead atoms. The molecule has 24 heavy (non-hydrogen) atoms. The van der Waals surface area contributed by atoms with Gasteiger partial charge in [0.15, 0.2) is 5.96 Å². The molecule has 0 amide bonds. The summed E-state index contributed by atoms with van der Waals surface area (Å²) in [6.45, 7) is 8.10. The van der Waals surface area contributed by atoms with E-state index in [9.17, 15) is 0 Å². The predicted octanol–water partition coefficient (Wildman–Crippen LogP) is 2.49. The molecule has 1 aliphatic carbocycles. The molecule has 1 fully saturated rings. The summed E-state index contributed by atoms with van der Waals surface area (Å²) in [5, 5.41) is 6.75. The third-order valence-corrected chi connectivity index (χ3v) is 4.19. The van der Waals surface area contributed by atoms with E-state index in [-0.39, 0.29) is 0 Å². The quantitative estimate of drug-likeness (QED) is 0.393. The van der Waals surface area contributed by atoms with Crippen molar-refractivity contribution in [1.82, 2.24) is 15.5 Å². The van der Waals surface area contributed by atoms with Crippen LogP contribution in [0.5, 0.6) is 5.75 Å². The normalized spacial score (nSPS) is 15.0. The molecule has 1 aromatic carbocycles. The Balaban J connectivity index is 1.55. The zero-order valence-corrected chi connectivity index (χ0v) is 15.3. The fraction of sp³-hybridized carbons (Fsp3) is 0.632. The number of ether oxygens (including phenoxy) is 1. The second-order valence-corrected chi connectivity index (χ2v) is 6.50. The van der Waals surface area contributed by atoms with Gasteiger partial charge < -0.3 is 15.4 Å². The first-order chi connectivity index (χ1) is 11.7. The van der Waals surface area contributed by atoms with E-state index in [1.54, 1.807) is 0 Å². The monoisotopic (exact) mass is 332 g/mol. The van der Waals surface area contributed by atoms with E-state index < -0.39 is 0 Å². The van der Waals surface area contributed by atoms with Gasteiger partial charge in [-0.05, 0) is 45.2 Å². The van der Waals surface area contributed by atoms with Crippen LogP contribution >= 0.6 is 0 Å². The van der Waals surface area contributed by atoms with Crippen LogP contribution in [0.25, 0.3) is 0 Å². The van der Waals surface area contributed by atoms with Crippen molar-refractivity contribution < 1.29 is 4.74 Å². The lowest BCUT2D eigenvalue weighted by Gasteiger charge is -2.26. The number of rotatable bonds is 10. The maximum absolute atomic E-state index is 5.69. The van der Waals surface area contributed by atoms with Gasteiger partial charge in [-0.2, -0.15) is 0 Å². The number of para-hydroxylation sites is 1. The van der Waals surface area contributed by atoms with Crippen LogP contribution in [0.4, 0.5) is 0 Å². The van der Waals surface area contributed by atoms with Crippen molar-refractivity contribution >= 4 is 5.96 Å². The van der Waals surface area contributed by atoms with Crippen molar-refractivity contribution in [3.8, 4) is 5.75 Å². The lowest BCUT2D eigenvalue weighted by Crippen LogP contribution is -2.44. The fourth-order valence-electron chi connectivity index (χ4n) is 2.78. The zero-order valence-electron chi connectivity index (χ0n) is 15.3. The van der Waals surface area contributed by atoms with Gasteiger partial charge in [-0.1, -0.05) is 18.2 Å². The Morgan fingerprint density at radius 3 is 2.54 bits per heavy atom. The topological polar surface area (TPSA) is 48.9 Å². The number of benzene rings is 1. The second kappa shape index (κ2) is 10.2. The lowest BCUT2D eigenvalue weighted by molar-refractivity contribution is 0.215. The molecule has 1 saturated carbocycles. The number of hydrogen-bond acceptors (Lipinski definition) is 3. The minimum absolute atomic E-state index is 0.615. The first kappa shape index (κ1) is 18.6. The maximum atomic E-state index is 5.69. The van der Waals surface area contributed by atoms with Gasteiger partial charge in [0.05, 0.1) is 6.61 Å². The van der Waals surface area contributed by atoms with Gasteiger partial charge in [0.25, 0.3) is 0 Å². The van der Waals surface area contributed by atoms with Gasteiger partial charge in [0.2, 0.25) is 0 Å². The minimum Gasteiger partial charge on any atom is -0.494 e. The van der Waals surface area contributed by atoms with Crippen molar-refractivity contribution in [3.05, 3.63) is 30.3 Å². The molecule has 134 valence electrons. The summed E-state index contributed by atoms with van der Waals surface area (Å²) in [5.41, 5.74) is 0. The summed E-state index contributed by atoms with van der Waals surface area (Å²) in [5.74, 6) is 1.79. The molecule has 0 spiro atoms. The molecule has 0 heterocycles. The molecule has 1 aliphatic rings. The highest BCUT2D eigenvalue weighted by Gasteiger charge is 2.29. The molecule has 0 aromatic heterocycles. The summed E-state index contributed by atoms with van der Waals surface area (Å²) >= 11 is 0. The summed E-state index contributed by atoms with van der Waals surface area (Å²) in [6.07, 6.45) is 3.65. The first-order valence-corrected chi connectivity index (χ1v) is 9.09. The lowest BCUT2D eigenvalue weighted by atomic mass is 10.3. The SMILES string of the molecule is CN=C(NCCCOc1ccccc1)NCCN(C(C)C)C1CC1. The molecule has 0 aliphatic heterocycles. The average molecular weight is 332 g/mol. The maximum Gasteiger partial charge on any atom is 0.191 e. The second-order valence-electron chi connectivity index (χ2n) is 6.50. The standard InChI is InChI=1S/C19H32N4O/c1-16(2)23(17-10-11-17)14-13-22-19(20-3)21-12-7-15-24-18-8-5-4-6-9-18/h4-6,8-9,16-17H,7,10-15H2,1-3H3,(H2,20,21,22). The molecule has 0 atom stereocenters. The molecular formula is C19H32N4O. The van der Waals surface area contributed by atoms with Crippen LogP contribution in [0.3, 0.4) is 0 Å². The first-order valence-electron chi connectivity index (χ1n) is 9.09. The largest absolute Gasteiger partial charge is 0.494 e. The number of nitrogens with zero attached hydrogens (tertiary/aromatic N) is 2. The highest BCUT2D eigenvalue weighted by Crippen LogP contribution is 2.27. The van der Waals surface area contributed by atoms with Gasteiger partial charge in [0, 0.05) is 38.8 Å². The van der Waals surface area contributed by atoms with Gasteiger partial charge >= 0.3 is 0 Å². The highest BCUT2D eigenvalue weighted by atomic mass is 16.5.